The molecule has 1 unspecified atom stereocenters. The van der Waals surface area contributed by atoms with E-state index in [9.17, 15) is 13.2 Å². The van der Waals surface area contributed by atoms with E-state index in [1.807, 2.05) is 25.7 Å². The number of aromatic nitrogens is 1. The zero-order valence-corrected chi connectivity index (χ0v) is 17.7. The largest absolute Gasteiger partial charge is 0.417 e. The molecule has 0 aliphatic rings. The molecule has 1 heterocycles. The zero-order chi connectivity index (χ0) is 20.8. The van der Waals surface area contributed by atoms with Crippen LogP contribution in [0, 0.1) is 5.92 Å². The van der Waals surface area contributed by atoms with Gasteiger partial charge >= 0.3 is 6.18 Å². The number of alkyl halides is 3. The van der Waals surface area contributed by atoms with E-state index >= 15 is 0 Å². The van der Waals surface area contributed by atoms with Crippen molar-refractivity contribution in [2.75, 3.05) is 25.2 Å². The highest BCUT2D eigenvalue weighted by Crippen LogP contribution is 2.30. The van der Waals surface area contributed by atoms with Gasteiger partial charge in [0.05, 0.1) is 23.2 Å². The van der Waals surface area contributed by atoms with Crippen LogP contribution in [0.2, 0.25) is 0 Å². The molecule has 0 spiro atoms. The van der Waals surface area contributed by atoms with Crippen LogP contribution in [0.25, 0.3) is 0 Å². The molecule has 4 nitrogen and oxygen atoms in total. The number of nitrogens with one attached hydrogen (secondary N) is 1. The van der Waals surface area contributed by atoms with E-state index in [-0.39, 0.29) is 11.6 Å². The van der Waals surface area contributed by atoms with Crippen molar-refractivity contribution in [3.8, 4) is 0 Å². The first-order valence-corrected chi connectivity index (χ1v) is 9.37. The first-order chi connectivity index (χ1) is 12.3. The third-order valence-corrected chi connectivity index (χ3v) is 4.15. The van der Waals surface area contributed by atoms with Crippen molar-refractivity contribution in [3.63, 3.8) is 0 Å². The third kappa shape index (κ3) is 8.01. The minimum atomic E-state index is -4.41. The minimum absolute atomic E-state index is 0.196. The van der Waals surface area contributed by atoms with Crippen LogP contribution >= 0.6 is 12.2 Å². The molecule has 1 N–H and O–H groups in total. The second-order valence-electron chi connectivity index (χ2n) is 7.97. The summed E-state index contributed by atoms with van der Waals surface area (Å²) in [4.78, 5) is 6.64. The Kier molecular flexibility index (Phi) is 8.48. The SMILES string of the molecule is COCCN(c1ccc(C(F)(F)F)cn1)C(CC(C)C)C(=S)NC(C)(C)C. The molecule has 0 saturated carbocycles. The fraction of sp³-hybridized carbons (Fsp3) is 0.684. The van der Waals surface area contributed by atoms with Crippen LogP contribution < -0.4 is 10.2 Å². The van der Waals surface area contributed by atoms with E-state index in [0.717, 1.165) is 18.7 Å². The van der Waals surface area contributed by atoms with Crippen LogP contribution in [-0.2, 0) is 10.9 Å². The van der Waals surface area contributed by atoms with E-state index in [1.165, 1.54) is 6.07 Å². The molecule has 8 heteroatoms. The summed E-state index contributed by atoms with van der Waals surface area (Å²) in [5.74, 6) is 0.790. The Morgan fingerprint density at radius 2 is 1.89 bits per heavy atom. The van der Waals surface area contributed by atoms with Gasteiger partial charge in [-0.05, 0) is 45.2 Å². The summed E-state index contributed by atoms with van der Waals surface area (Å²) >= 11 is 5.65. The highest BCUT2D eigenvalue weighted by Gasteiger charge is 2.32. The number of hydrogen-bond acceptors (Lipinski definition) is 4. The van der Waals surface area contributed by atoms with Crippen molar-refractivity contribution in [2.45, 2.75) is 58.8 Å². The van der Waals surface area contributed by atoms with Gasteiger partial charge in [-0.1, -0.05) is 26.1 Å². The molecule has 0 aromatic carbocycles. The zero-order valence-electron chi connectivity index (χ0n) is 16.9. The van der Waals surface area contributed by atoms with Crippen molar-refractivity contribution in [3.05, 3.63) is 23.9 Å². The van der Waals surface area contributed by atoms with E-state index < -0.39 is 11.7 Å². The van der Waals surface area contributed by atoms with Crippen LogP contribution in [0.5, 0.6) is 0 Å². The smallest absolute Gasteiger partial charge is 0.383 e. The molecule has 0 saturated heterocycles. The maximum Gasteiger partial charge on any atom is 0.417 e. The molecule has 0 aliphatic carbocycles. The molecule has 0 amide bonds. The normalized spacial score (nSPS) is 13.6. The van der Waals surface area contributed by atoms with Crippen molar-refractivity contribution < 1.29 is 17.9 Å². The Morgan fingerprint density at radius 3 is 2.30 bits per heavy atom. The number of anilines is 1. The number of halogens is 3. The minimum Gasteiger partial charge on any atom is -0.383 e. The van der Waals surface area contributed by atoms with Crippen LogP contribution in [-0.4, -0.2) is 41.8 Å². The molecular weight excluding hydrogens is 375 g/mol. The second-order valence-corrected chi connectivity index (χ2v) is 8.41. The van der Waals surface area contributed by atoms with Gasteiger partial charge in [-0.3, -0.25) is 0 Å². The molecule has 154 valence electrons. The lowest BCUT2D eigenvalue weighted by Gasteiger charge is -2.37. The number of pyridine rings is 1. The Hall–Kier alpha value is -1.41. The summed E-state index contributed by atoms with van der Waals surface area (Å²) in [5.41, 5.74) is -0.985. The van der Waals surface area contributed by atoms with Crippen molar-refractivity contribution in [2.24, 2.45) is 5.92 Å². The molecule has 0 radical (unpaired) electrons. The average molecular weight is 406 g/mol. The molecule has 1 atom stereocenters. The molecule has 1 aromatic heterocycles. The predicted octanol–water partition coefficient (Wildman–Crippen LogP) is 4.68. The van der Waals surface area contributed by atoms with Gasteiger partial charge in [0, 0.05) is 25.4 Å². The lowest BCUT2D eigenvalue weighted by Crippen LogP contribution is -2.53. The number of nitrogens with zero attached hydrogens (tertiary/aromatic N) is 2. The average Bonchev–Trinajstić information content (AvgIpc) is 2.51. The predicted molar refractivity (Wildman–Crippen MR) is 107 cm³/mol. The number of rotatable bonds is 8. The molecule has 1 aromatic rings. The van der Waals surface area contributed by atoms with Crippen LogP contribution in [0.4, 0.5) is 19.0 Å². The summed E-state index contributed by atoms with van der Waals surface area (Å²) in [6, 6.07) is 2.25. The fourth-order valence-electron chi connectivity index (χ4n) is 2.62. The quantitative estimate of drug-likeness (QED) is 0.636. The van der Waals surface area contributed by atoms with Gasteiger partial charge in [-0.25, -0.2) is 4.98 Å². The Morgan fingerprint density at radius 1 is 1.26 bits per heavy atom. The number of hydrogen-bond donors (Lipinski definition) is 1. The molecular formula is C19H30F3N3OS. The van der Waals surface area contributed by atoms with Crippen molar-refractivity contribution in [1.29, 1.82) is 0 Å². The number of methoxy groups -OCH3 is 1. The summed E-state index contributed by atoms with van der Waals surface area (Å²) in [6.07, 6.45) is -2.81. The standard InChI is InChI=1S/C19H30F3N3OS/c1-13(2)11-15(17(27)24-18(3,4)5)25(9-10-26-6)16-8-7-14(12-23-16)19(20,21)22/h7-8,12-13,15H,9-11H2,1-6H3,(H,24,27). The van der Waals surface area contributed by atoms with Gasteiger partial charge in [-0.15, -0.1) is 0 Å². The van der Waals surface area contributed by atoms with Gasteiger partial charge in [0.15, 0.2) is 0 Å². The molecule has 0 aliphatic heterocycles. The summed E-state index contributed by atoms with van der Waals surface area (Å²) in [5, 5.41) is 3.33. The molecule has 1 rings (SSSR count). The molecule has 0 fully saturated rings. The first-order valence-electron chi connectivity index (χ1n) is 8.96. The van der Waals surface area contributed by atoms with Gasteiger partial charge in [0.25, 0.3) is 0 Å². The van der Waals surface area contributed by atoms with Crippen LogP contribution in [0.15, 0.2) is 18.3 Å². The highest BCUT2D eigenvalue weighted by atomic mass is 32.1. The van der Waals surface area contributed by atoms with Gasteiger partial charge in [0.2, 0.25) is 0 Å². The maximum atomic E-state index is 12.9. The van der Waals surface area contributed by atoms with E-state index in [0.29, 0.717) is 29.9 Å². The number of thiocarbonyl (C=S) groups is 1. The van der Waals surface area contributed by atoms with Gasteiger partial charge in [0.1, 0.15) is 5.82 Å². The monoisotopic (exact) mass is 405 g/mol. The lowest BCUT2D eigenvalue weighted by molar-refractivity contribution is -0.137. The van der Waals surface area contributed by atoms with E-state index in [4.69, 9.17) is 17.0 Å². The third-order valence-electron chi connectivity index (χ3n) is 3.78. The first kappa shape index (κ1) is 23.6. The Balaban J connectivity index is 3.23. The second kappa shape index (κ2) is 9.68. The maximum absolute atomic E-state index is 12.9. The highest BCUT2D eigenvalue weighted by molar-refractivity contribution is 7.80. The van der Waals surface area contributed by atoms with Crippen LogP contribution in [0.3, 0.4) is 0 Å². The van der Waals surface area contributed by atoms with E-state index in [1.54, 1.807) is 7.11 Å². The lowest BCUT2D eigenvalue weighted by atomic mass is 10.00. The summed E-state index contributed by atoms with van der Waals surface area (Å²) in [7, 11) is 1.58. The summed E-state index contributed by atoms with van der Waals surface area (Å²) in [6.45, 7) is 11.1. The van der Waals surface area contributed by atoms with E-state index in [2.05, 4.69) is 24.1 Å². The Labute approximate surface area is 165 Å². The van der Waals surface area contributed by atoms with Gasteiger partial charge in [-0.2, -0.15) is 13.2 Å². The van der Waals surface area contributed by atoms with Crippen molar-refractivity contribution >= 4 is 23.0 Å². The topological polar surface area (TPSA) is 37.4 Å². The van der Waals surface area contributed by atoms with Crippen LogP contribution in [0.1, 0.15) is 46.6 Å². The van der Waals surface area contributed by atoms with Crippen molar-refractivity contribution in [1.82, 2.24) is 10.3 Å². The Bertz CT molecular complexity index is 598. The molecule has 0 bridgehead atoms. The summed E-state index contributed by atoms with van der Waals surface area (Å²) < 4.78 is 43.8. The van der Waals surface area contributed by atoms with Gasteiger partial charge < -0.3 is 15.0 Å². The molecule has 27 heavy (non-hydrogen) atoms. The number of ether oxygens (including phenoxy) is 1. The fourth-order valence-corrected chi connectivity index (χ4v) is 3.15.